The molecule has 1 aliphatic rings. The molecule has 0 bridgehead atoms. The van der Waals surface area contributed by atoms with Crippen molar-refractivity contribution in [2.24, 2.45) is 0 Å². The van der Waals surface area contributed by atoms with Crippen molar-refractivity contribution < 1.29 is 4.42 Å². The molecular formula is C48H30N2OS. The number of allylic oxidation sites excluding steroid dienone is 4. The molecule has 3 aromatic heterocycles. The summed E-state index contributed by atoms with van der Waals surface area (Å²) in [6.07, 6.45) is 8.91. The molecule has 4 heteroatoms. The van der Waals surface area contributed by atoms with E-state index >= 15 is 0 Å². The molecule has 3 heterocycles. The van der Waals surface area contributed by atoms with Gasteiger partial charge < -0.3 is 4.42 Å². The minimum absolute atomic E-state index is 0.715. The standard InChI is InChI=1S/C48H30N2OS/c1-2-11-30(12-3-1)37-27-28-39(42-40-26-25-31-14-5-7-17-36(31)45(40)51-46(37)42)44-43-38-18-8-9-20-41(38)52-48(43)50-47(49-44)33-23-21-32(22-24-33)35-19-10-15-29-13-4-6-16-34(29)35/h2,4-28H,1,3H2. The first-order valence-electron chi connectivity index (χ1n) is 17.8. The average molecular weight is 683 g/mol. The van der Waals surface area contributed by atoms with Gasteiger partial charge in [-0.2, -0.15) is 0 Å². The van der Waals surface area contributed by atoms with E-state index in [1.807, 2.05) is 0 Å². The van der Waals surface area contributed by atoms with E-state index in [-0.39, 0.29) is 0 Å². The van der Waals surface area contributed by atoms with Crippen LogP contribution in [0.25, 0.3) is 103 Å². The first-order chi connectivity index (χ1) is 25.8. The number of hydrogen-bond donors (Lipinski definition) is 0. The highest BCUT2D eigenvalue weighted by molar-refractivity contribution is 7.25. The number of furan rings is 1. The normalized spacial score (nSPS) is 13.3. The van der Waals surface area contributed by atoms with Crippen LogP contribution in [0.3, 0.4) is 0 Å². The summed E-state index contributed by atoms with van der Waals surface area (Å²) in [5, 5.41) is 9.19. The molecule has 0 N–H and O–H groups in total. The van der Waals surface area contributed by atoms with Crippen LogP contribution in [0.4, 0.5) is 0 Å². The maximum atomic E-state index is 6.98. The molecule has 244 valence electrons. The van der Waals surface area contributed by atoms with Crippen LogP contribution in [0.5, 0.6) is 0 Å². The minimum atomic E-state index is 0.715. The quantitative estimate of drug-likeness (QED) is 0.185. The van der Waals surface area contributed by atoms with Crippen molar-refractivity contribution in [3.05, 3.63) is 163 Å². The van der Waals surface area contributed by atoms with E-state index < -0.39 is 0 Å². The molecule has 0 saturated heterocycles. The maximum Gasteiger partial charge on any atom is 0.161 e. The fourth-order valence-corrected chi connectivity index (χ4v) is 9.14. The Balaban J connectivity index is 1.18. The highest BCUT2D eigenvalue weighted by Gasteiger charge is 2.24. The van der Waals surface area contributed by atoms with Crippen molar-refractivity contribution in [1.29, 1.82) is 0 Å². The summed E-state index contributed by atoms with van der Waals surface area (Å²) in [7, 11) is 0. The zero-order valence-electron chi connectivity index (χ0n) is 28.1. The van der Waals surface area contributed by atoms with E-state index in [4.69, 9.17) is 14.4 Å². The van der Waals surface area contributed by atoms with Crippen LogP contribution < -0.4 is 0 Å². The van der Waals surface area contributed by atoms with Crippen molar-refractivity contribution >= 4 is 80.7 Å². The first-order valence-corrected chi connectivity index (χ1v) is 18.6. The number of fused-ring (bicyclic) bond motifs is 9. The van der Waals surface area contributed by atoms with Gasteiger partial charge in [0.1, 0.15) is 16.0 Å². The lowest BCUT2D eigenvalue weighted by atomic mass is 9.93. The molecule has 0 unspecified atom stereocenters. The van der Waals surface area contributed by atoms with Crippen LogP contribution in [0.2, 0.25) is 0 Å². The summed E-state index contributed by atoms with van der Waals surface area (Å²) in [4.78, 5) is 11.7. The Morgan fingerprint density at radius 2 is 1.23 bits per heavy atom. The molecule has 11 rings (SSSR count). The fourth-order valence-electron chi connectivity index (χ4n) is 8.07. The zero-order chi connectivity index (χ0) is 34.2. The van der Waals surface area contributed by atoms with Gasteiger partial charge in [0, 0.05) is 48.3 Å². The molecule has 3 nitrogen and oxygen atoms in total. The molecule has 0 aliphatic heterocycles. The van der Waals surface area contributed by atoms with Gasteiger partial charge in [0.15, 0.2) is 5.82 Å². The number of rotatable bonds is 4. The molecule has 0 spiro atoms. The first kappa shape index (κ1) is 29.4. The third-order valence-electron chi connectivity index (χ3n) is 10.6. The molecule has 0 radical (unpaired) electrons. The number of hydrogen-bond acceptors (Lipinski definition) is 4. The summed E-state index contributed by atoms with van der Waals surface area (Å²) >= 11 is 1.73. The van der Waals surface area contributed by atoms with E-state index in [1.165, 1.54) is 37.6 Å². The molecule has 52 heavy (non-hydrogen) atoms. The summed E-state index contributed by atoms with van der Waals surface area (Å²) < 4.78 is 8.18. The summed E-state index contributed by atoms with van der Waals surface area (Å²) in [6.45, 7) is 0. The lowest BCUT2D eigenvalue weighted by molar-refractivity contribution is 0.671. The van der Waals surface area contributed by atoms with Gasteiger partial charge in [-0.3, -0.25) is 0 Å². The Morgan fingerprint density at radius 3 is 2.08 bits per heavy atom. The number of benzene rings is 7. The molecule has 0 atom stereocenters. The Kier molecular flexibility index (Phi) is 6.55. The second-order valence-corrected chi connectivity index (χ2v) is 14.6. The third kappa shape index (κ3) is 4.51. The third-order valence-corrected chi connectivity index (χ3v) is 11.6. The lowest BCUT2D eigenvalue weighted by Crippen LogP contribution is -1.95. The molecule has 7 aromatic carbocycles. The van der Waals surface area contributed by atoms with E-state index in [0.717, 1.165) is 78.2 Å². The van der Waals surface area contributed by atoms with E-state index in [0.29, 0.717) is 5.82 Å². The maximum absolute atomic E-state index is 6.98. The Bertz CT molecular complexity index is 3120. The van der Waals surface area contributed by atoms with Gasteiger partial charge in [-0.05, 0) is 63.9 Å². The highest BCUT2D eigenvalue weighted by atomic mass is 32.1. The predicted octanol–water partition coefficient (Wildman–Crippen LogP) is 13.8. The molecule has 0 saturated carbocycles. The Hall–Kier alpha value is -6.36. The summed E-state index contributed by atoms with van der Waals surface area (Å²) in [5.41, 5.74) is 9.47. The van der Waals surface area contributed by atoms with Crippen molar-refractivity contribution in [2.75, 3.05) is 0 Å². The number of thiophene rings is 1. The van der Waals surface area contributed by atoms with Gasteiger partial charge in [0.25, 0.3) is 0 Å². The largest absolute Gasteiger partial charge is 0.455 e. The summed E-state index contributed by atoms with van der Waals surface area (Å²) in [6, 6.07) is 49.8. The summed E-state index contributed by atoms with van der Waals surface area (Å²) in [5.74, 6) is 0.715. The molecular weight excluding hydrogens is 653 g/mol. The second-order valence-electron chi connectivity index (χ2n) is 13.5. The van der Waals surface area contributed by atoms with Gasteiger partial charge in [0.05, 0.1) is 5.69 Å². The van der Waals surface area contributed by atoms with Crippen molar-refractivity contribution in [3.63, 3.8) is 0 Å². The van der Waals surface area contributed by atoms with Crippen molar-refractivity contribution in [1.82, 2.24) is 9.97 Å². The Labute approximate surface area is 303 Å². The van der Waals surface area contributed by atoms with Gasteiger partial charge in [-0.25, -0.2) is 9.97 Å². The minimum Gasteiger partial charge on any atom is -0.455 e. The fraction of sp³-hybridized carbons (Fsp3) is 0.0417. The Morgan fingerprint density at radius 1 is 0.500 bits per heavy atom. The van der Waals surface area contributed by atoms with E-state index in [2.05, 4.69) is 158 Å². The van der Waals surface area contributed by atoms with Gasteiger partial charge >= 0.3 is 0 Å². The molecule has 0 amide bonds. The van der Waals surface area contributed by atoms with Crippen LogP contribution >= 0.6 is 11.3 Å². The SMILES string of the molecule is C1=CC(c2ccc(-c3nc(-c4ccc(-c5cccc6ccccc56)cc4)nc4sc5ccccc5c34)c3c2oc2c4ccccc4ccc23)=CCC1. The van der Waals surface area contributed by atoms with Crippen LogP contribution in [0.15, 0.2) is 162 Å². The van der Waals surface area contributed by atoms with Crippen molar-refractivity contribution in [2.45, 2.75) is 12.8 Å². The van der Waals surface area contributed by atoms with Crippen LogP contribution in [-0.2, 0) is 0 Å². The van der Waals surface area contributed by atoms with E-state index in [9.17, 15) is 0 Å². The number of aromatic nitrogens is 2. The predicted molar refractivity (Wildman–Crippen MR) is 220 cm³/mol. The molecule has 0 fully saturated rings. The van der Waals surface area contributed by atoms with Crippen molar-refractivity contribution in [3.8, 4) is 33.8 Å². The van der Waals surface area contributed by atoms with Gasteiger partial charge in [-0.15, -0.1) is 11.3 Å². The molecule has 10 aromatic rings. The average Bonchev–Trinajstić information content (AvgIpc) is 3.80. The van der Waals surface area contributed by atoms with E-state index in [1.54, 1.807) is 11.3 Å². The van der Waals surface area contributed by atoms with Crippen LogP contribution in [0.1, 0.15) is 18.4 Å². The molecule has 1 aliphatic carbocycles. The second kappa shape index (κ2) is 11.6. The van der Waals surface area contributed by atoms with Crippen LogP contribution in [-0.4, -0.2) is 9.97 Å². The van der Waals surface area contributed by atoms with Gasteiger partial charge in [-0.1, -0.05) is 140 Å². The van der Waals surface area contributed by atoms with Crippen LogP contribution in [0, 0.1) is 0 Å². The van der Waals surface area contributed by atoms with Gasteiger partial charge in [0.2, 0.25) is 0 Å². The lowest BCUT2D eigenvalue weighted by Gasteiger charge is -2.13. The number of nitrogens with zero attached hydrogens (tertiary/aromatic N) is 2. The highest BCUT2D eigenvalue weighted by Crippen LogP contribution is 2.46. The zero-order valence-corrected chi connectivity index (χ0v) is 29.0. The topological polar surface area (TPSA) is 38.9 Å². The smallest absolute Gasteiger partial charge is 0.161 e. The monoisotopic (exact) mass is 682 g/mol.